The van der Waals surface area contributed by atoms with Gasteiger partial charge in [0, 0.05) is 24.6 Å². The van der Waals surface area contributed by atoms with Crippen molar-refractivity contribution in [2.24, 2.45) is 5.92 Å². The van der Waals surface area contributed by atoms with Crippen LogP contribution in [0.4, 0.5) is 4.39 Å². The van der Waals surface area contributed by atoms with E-state index in [2.05, 4.69) is 12.3 Å². The summed E-state index contributed by atoms with van der Waals surface area (Å²) in [5.41, 5.74) is 3.39. The summed E-state index contributed by atoms with van der Waals surface area (Å²) >= 11 is 1.80. The number of thioether (sulfide) groups is 1. The van der Waals surface area contributed by atoms with Crippen LogP contribution in [0.1, 0.15) is 39.0 Å². The van der Waals surface area contributed by atoms with Crippen molar-refractivity contribution in [3.05, 3.63) is 46.3 Å². The van der Waals surface area contributed by atoms with Crippen LogP contribution < -0.4 is 0 Å². The van der Waals surface area contributed by atoms with Gasteiger partial charge in [0.05, 0.1) is 0 Å². The molecule has 2 heterocycles. The van der Waals surface area contributed by atoms with E-state index >= 15 is 0 Å². The second-order valence-electron chi connectivity index (χ2n) is 6.07. The predicted molar refractivity (Wildman–Crippen MR) is 89.9 cm³/mol. The van der Waals surface area contributed by atoms with E-state index in [1.54, 1.807) is 23.9 Å². The Hall–Kier alpha value is -1.29. The standard InChI is InChI=1S/C18H22FNOS/c1-2-14-11-20(17-8-6-15(19)5-7-16(14)17)18(21)10-13-4-3-9-22-12-13/h5-6,8,12,14H,2-4,7,9-11H2,1H3. The molecule has 2 nitrogen and oxygen atoms in total. The molecule has 3 rings (SSSR count). The average Bonchev–Trinajstić information content (AvgIpc) is 2.78. The summed E-state index contributed by atoms with van der Waals surface area (Å²) in [6.45, 7) is 2.89. The number of allylic oxidation sites excluding steroid dienone is 4. The van der Waals surface area contributed by atoms with Crippen LogP contribution >= 0.6 is 11.8 Å². The molecule has 0 spiro atoms. The SMILES string of the molecule is CCC1CN(C(=O)CC2=CSCCC2)C2=C1CC=C(F)C=C2. The summed E-state index contributed by atoms with van der Waals surface area (Å²) in [5, 5.41) is 2.15. The summed E-state index contributed by atoms with van der Waals surface area (Å²) in [4.78, 5) is 14.6. The number of hydrogen-bond donors (Lipinski definition) is 0. The molecule has 0 radical (unpaired) electrons. The fourth-order valence-corrected chi connectivity index (χ4v) is 4.23. The van der Waals surface area contributed by atoms with Crippen molar-refractivity contribution in [3.8, 4) is 0 Å². The van der Waals surface area contributed by atoms with Crippen LogP contribution in [0, 0.1) is 5.92 Å². The maximum atomic E-state index is 13.5. The second-order valence-corrected chi connectivity index (χ2v) is 7.05. The Labute approximate surface area is 135 Å². The number of carbonyl (C=O) groups excluding carboxylic acids is 1. The Balaban J connectivity index is 1.78. The van der Waals surface area contributed by atoms with E-state index in [9.17, 15) is 9.18 Å². The minimum absolute atomic E-state index is 0.157. The maximum Gasteiger partial charge on any atom is 0.231 e. The highest BCUT2D eigenvalue weighted by atomic mass is 32.2. The molecule has 0 fully saturated rings. The van der Waals surface area contributed by atoms with E-state index in [-0.39, 0.29) is 11.7 Å². The topological polar surface area (TPSA) is 20.3 Å². The van der Waals surface area contributed by atoms with Crippen LogP contribution in [-0.4, -0.2) is 23.1 Å². The molecule has 1 unspecified atom stereocenters. The van der Waals surface area contributed by atoms with Gasteiger partial charge in [-0.05, 0) is 60.6 Å². The molecule has 1 aliphatic carbocycles. The lowest BCUT2D eigenvalue weighted by Gasteiger charge is -2.21. The fraction of sp³-hybridized carbons (Fsp3) is 0.500. The largest absolute Gasteiger partial charge is 0.312 e. The van der Waals surface area contributed by atoms with Crippen molar-refractivity contribution in [2.45, 2.75) is 39.0 Å². The lowest BCUT2D eigenvalue weighted by molar-refractivity contribution is -0.128. The molecule has 4 heteroatoms. The first kappa shape index (κ1) is 15.6. The van der Waals surface area contributed by atoms with Crippen molar-refractivity contribution < 1.29 is 9.18 Å². The van der Waals surface area contributed by atoms with Crippen LogP contribution in [0.25, 0.3) is 0 Å². The van der Waals surface area contributed by atoms with E-state index in [0.717, 1.165) is 37.3 Å². The second kappa shape index (κ2) is 6.86. The van der Waals surface area contributed by atoms with Gasteiger partial charge in [0.15, 0.2) is 0 Å². The van der Waals surface area contributed by atoms with Crippen molar-refractivity contribution in [3.63, 3.8) is 0 Å². The molecule has 0 bridgehead atoms. The van der Waals surface area contributed by atoms with Gasteiger partial charge in [-0.25, -0.2) is 4.39 Å². The van der Waals surface area contributed by atoms with Gasteiger partial charge in [0.2, 0.25) is 5.91 Å². The quantitative estimate of drug-likeness (QED) is 0.750. The molecular formula is C18H22FNOS. The predicted octanol–water partition coefficient (Wildman–Crippen LogP) is 4.72. The summed E-state index contributed by atoms with van der Waals surface area (Å²) < 4.78 is 13.5. The molecule has 1 atom stereocenters. The van der Waals surface area contributed by atoms with Crippen LogP contribution in [0.5, 0.6) is 0 Å². The molecule has 0 N–H and O–H groups in total. The third-order valence-electron chi connectivity index (χ3n) is 4.62. The summed E-state index contributed by atoms with van der Waals surface area (Å²) in [6, 6.07) is 0. The van der Waals surface area contributed by atoms with Gasteiger partial charge in [-0.3, -0.25) is 4.79 Å². The third kappa shape index (κ3) is 3.22. The summed E-state index contributed by atoms with van der Waals surface area (Å²) in [6.07, 6.45) is 9.19. The first-order chi connectivity index (χ1) is 10.7. The lowest BCUT2D eigenvalue weighted by atomic mass is 9.95. The van der Waals surface area contributed by atoms with Crippen molar-refractivity contribution >= 4 is 17.7 Å². The highest BCUT2D eigenvalue weighted by Gasteiger charge is 2.33. The maximum absolute atomic E-state index is 13.5. The van der Waals surface area contributed by atoms with E-state index in [1.807, 2.05) is 4.90 Å². The van der Waals surface area contributed by atoms with Gasteiger partial charge in [0.1, 0.15) is 5.83 Å². The monoisotopic (exact) mass is 319 g/mol. The molecule has 1 amide bonds. The van der Waals surface area contributed by atoms with Gasteiger partial charge in [-0.1, -0.05) is 12.5 Å². The molecule has 3 aliphatic rings. The van der Waals surface area contributed by atoms with Crippen LogP contribution in [0.2, 0.25) is 0 Å². The van der Waals surface area contributed by atoms with E-state index in [4.69, 9.17) is 0 Å². The lowest BCUT2D eigenvalue weighted by Crippen LogP contribution is -2.29. The van der Waals surface area contributed by atoms with Gasteiger partial charge in [-0.2, -0.15) is 0 Å². The Morgan fingerprint density at radius 3 is 3.05 bits per heavy atom. The number of carbonyl (C=O) groups is 1. The van der Waals surface area contributed by atoms with Gasteiger partial charge in [0.25, 0.3) is 0 Å². The molecule has 0 saturated carbocycles. The van der Waals surface area contributed by atoms with E-state index in [0.29, 0.717) is 18.8 Å². The minimum atomic E-state index is -0.206. The summed E-state index contributed by atoms with van der Waals surface area (Å²) in [7, 11) is 0. The van der Waals surface area contributed by atoms with Crippen LogP contribution in [-0.2, 0) is 4.79 Å². The molecule has 0 saturated heterocycles. The van der Waals surface area contributed by atoms with Crippen LogP contribution in [0.15, 0.2) is 46.3 Å². The highest BCUT2D eigenvalue weighted by molar-refractivity contribution is 8.02. The number of rotatable bonds is 3. The highest BCUT2D eigenvalue weighted by Crippen LogP contribution is 2.37. The Morgan fingerprint density at radius 2 is 2.32 bits per heavy atom. The minimum Gasteiger partial charge on any atom is -0.312 e. The molecular weight excluding hydrogens is 297 g/mol. The molecule has 0 aromatic heterocycles. The number of halogens is 1. The normalized spacial score (nSPS) is 24.8. The smallest absolute Gasteiger partial charge is 0.231 e. The fourth-order valence-electron chi connectivity index (χ4n) is 3.36. The van der Waals surface area contributed by atoms with Crippen molar-refractivity contribution in [1.29, 1.82) is 0 Å². The third-order valence-corrected chi connectivity index (χ3v) is 5.64. The number of nitrogens with zero attached hydrogens (tertiary/aromatic N) is 1. The van der Waals surface area contributed by atoms with Crippen LogP contribution in [0.3, 0.4) is 0 Å². The zero-order chi connectivity index (χ0) is 15.5. The molecule has 2 aliphatic heterocycles. The number of amides is 1. The average molecular weight is 319 g/mol. The van der Waals surface area contributed by atoms with E-state index in [1.165, 1.54) is 17.2 Å². The zero-order valence-electron chi connectivity index (χ0n) is 13.0. The molecule has 0 aromatic rings. The first-order valence-corrected chi connectivity index (χ1v) is 9.10. The van der Waals surface area contributed by atoms with Crippen molar-refractivity contribution in [2.75, 3.05) is 12.3 Å². The zero-order valence-corrected chi connectivity index (χ0v) is 13.8. The molecule has 0 aromatic carbocycles. The Bertz CT molecular complexity index is 588. The number of hydrogen-bond acceptors (Lipinski definition) is 2. The first-order valence-electron chi connectivity index (χ1n) is 8.05. The summed E-state index contributed by atoms with van der Waals surface area (Å²) in [5.74, 6) is 1.47. The molecule has 118 valence electrons. The van der Waals surface area contributed by atoms with Crippen molar-refractivity contribution in [1.82, 2.24) is 4.90 Å². The van der Waals surface area contributed by atoms with Gasteiger partial charge in [-0.15, -0.1) is 11.8 Å². The van der Waals surface area contributed by atoms with E-state index < -0.39 is 0 Å². The Kier molecular flexibility index (Phi) is 4.87. The van der Waals surface area contributed by atoms with Gasteiger partial charge >= 0.3 is 0 Å². The van der Waals surface area contributed by atoms with Gasteiger partial charge < -0.3 is 4.90 Å². The Morgan fingerprint density at radius 1 is 1.45 bits per heavy atom. The molecule has 22 heavy (non-hydrogen) atoms.